The van der Waals surface area contributed by atoms with E-state index in [0.29, 0.717) is 29.9 Å². The minimum Gasteiger partial charge on any atom is -0.461 e. The summed E-state index contributed by atoms with van der Waals surface area (Å²) >= 11 is 0. The Morgan fingerprint density at radius 2 is 2.08 bits per heavy atom. The molecule has 0 bridgehead atoms. The summed E-state index contributed by atoms with van der Waals surface area (Å²) in [5, 5.41) is 7.65. The highest BCUT2D eigenvalue weighted by atomic mass is 16.5. The van der Waals surface area contributed by atoms with Gasteiger partial charge in [0.1, 0.15) is 0 Å². The lowest BCUT2D eigenvalue weighted by atomic mass is 10.4. The molecule has 10 heteroatoms. The average molecular weight is 330 g/mol. The Bertz CT molecular complexity index is 810. The van der Waals surface area contributed by atoms with Crippen LogP contribution in [0.5, 0.6) is 0 Å². The number of ether oxygens (including phenoxy) is 1. The van der Waals surface area contributed by atoms with Crippen molar-refractivity contribution < 1.29 is 9.15 Å². The van der Waals surface area contributed by atoms with Crippen molar-refractivity contribution in [3.63, 3.8) is 0 Å². The molecule has 126 valence electrons. The number of nitrogens with zero attached hydrogens (tertiary/aromatic N) is 6. The zero-order valence-electron chi connectivity index (χ0n) is 13.1. The van der Waals surface area contributed by atoms with E-state index in [1.165, 1.54) is 4.52 Å². The molecule has 10 nitrogen and oxygen atoms in total. The van der Waals surface area contributed by atoms with Crippen molar-refractivity contribution in [2.24, 2.45) is 0 Å². The highest BCUT2D eigenvalue weighted by Crippen LogP contribution is 2.17. The second kappa shape index (κ2) is 6.42. The summed E-state index contributed by atoms with van der Waals surface area (Å²) in [6, 6.07) is 3.57. The van der Waals surface area contributed by atoms with Gasteiger partial charge in [-0.2, -0.15) is 19.5 Å². The molecule has 3 aromatic heterocycles. The molecule has 0 atom stereocenters. The number of nitrogen functional groups attached to an aromatic ring is 1. The maximum Gasteiger partial charge on any atom is 0.259 e. The number of morpholine rings is 1. The van der Waals surface area contributed by atoms with Crippen molar-refractivity contribution in [3.05, 3.63) is 18.4 Å². The van der Waals surface area contributed by atoms with Crippen molar-refractivity contribution in [2.45, 2.75) is 0 Å². The molecule has 0 radical (unpaired) electrons. The van der Waals surface area contributed by atoms with E-state index in [1.54, 1.807) is 18.4 Å². The van der Waals surface area contributed by atoms with Crippen LogP contribution in [0.2, 0.25) is 0 Å². The number of nitrogens with two attached hydrogens (primary N) is 1. The van der Waals surface area contributed by atoms with Crippen LogP contribution < -0.4 is 11.1 Å². The lowest BCUT2D eigenvalue weighted by Crippen LogP contribution is -2.39. The molecule has 1 aliphatic rings. The molecular formula is C14H18N8O2. The number of hydrogen-bond acceptors (Lipinski definition) is 9. The van der Waals surface area contributed by atoms with Crippen LogP contribution in [0, 0.1) is 0 Å². The lowest BCUT2D eigenvalue weighted by molar-refractivity contribution is 0.0398. The molecule has 0 amide bonds. The second-order valence-electron chi connectivity index (χ2n) is 5.41. The summed E-state index contributed by atoms with van der Waals surface area (Å²) in [6.45, 7) is 5.03. The minimum absolute atomic E-state index is 0.148. The largest absolute Gasteiger partial charge is 0.461 e. The monoisotopic (exact) mass is 330 g/mol. The van der Waals surface area contributed by atoms with E-state index in [4.69, 9.17) is 14.9 Å². The topological polar surface area (TPSA) is 120 Å². The molecule has 4 rings (SSSR count). The van der Waals surface area contributed by atoms with Crippen LogP contribution in [0.1, 0.15) is 0 Å². The molecule has 0 spiro atoms. The zero-order chi connectivity index (χ0) is 16.4. The number of anilines is 2. The molecule has 0 saturated carbocycles. The van der Waals surface area contributed by atoms with E-state index in [0.717, 1.165) is 32.8 Å². The van der Waals surface area contributed by atoms with Gasteiger partial charge in [-0.1, -0.05) is 0 Å². The maximum atomic E-state index is 5.77. The van der Waals surface area contributed by atoms with E-state index in [9.17, 15) is 0 Å². The molecule has 1 fully saturated rings. The fourth-order valence-corrected chi connectivity index (χ4v) is 2.58. The van der Waals surface area contributed by atoms with Crippen molar-refractivity contribution >= 4 is 17.7 Å². The number of hydrogen-bond donors (Lipinski definition) is 2. The van der Waals surface area contributed by atoms with Crippen LogP contribution >= 0.6 is 0 Å². The Labute approximate surface area is 137 Å². The van der Waals surface area contributed by atoms with Gasteiger partial charge in [0.05, 0.1) is 19.5 Å². The molecule has 4 heterocycles. The third kappa shape index (κ3) is 3.01. The standard InChI is InChI=1S/C14H18N8O2/c15-12-18-13(16-3-4-21-5-8-23-9-6-21)22-14(19-12)17-11(20-22)10-2-1-7-24-10/h1-2,7H,3-6,8-9H2,(H3,15,16,17,18,19,20). The van der Waals surface area contributed by atoms with Gasteiger partial charge in [-0.3, -0.25) is 4.90 Å². The zero-order valence-corrected chi connectivity index (χ0v) is 13.1. The predicted molar refractivity (Wildman–Crippen MR) is 86.4 cm³/mol. The molecule has 1 saturated heterocycles. The Balaban J connectivity index is 1.53. The summed E-state index contributed by atoms with van der Waals surface area (Å²) in [7, 11) is 0. The van der Waals surface area contributed by atoms with Crippen LogP contribution in [0.4, 0.5) is 11.9 Å². The fourth-order valence-electron chi connectivity index (χ4n) is 2.58. The van der Waals surface area contributed by atoms with Crippen LogP contribution in [0.3, 0.4) is 0 Å². The van der Waals surface area contributed by atoms with E-state index >= 15 is 0 Å². The van der Waals surface area contributed by atoms with Gasteiger partial charge < -0.3 is 20.2 Å². The first kappa shape index (κ1) is 14.8. The number of aromatic nitrogens is 5. The van der Waals surface area contributed by atoms with E-state index in [-0.39, 0.29) is 5.95 Å². The van der Waals surface area contributed by atoms with Crippen LogP contribution in [-0.2, 0) is 4.74 Å². The van der Waals surface area contributed by atoms with Crippen LogP contribution in [0.15, 0.2) is 22.8 Å². The molecule has 1 aliphatic heterocycles. The molecule has 3 N–H and O–H groups in total. The first-order chi connectivity index (χ1) is 11.8. The summed E-state index contributed by atoms with van der Waals surface area (Å²) in [5.41, 5.74) is 5.77. The quantitative estimate of drug-likeness (QED) is 0.671. The van der Waals surface area contributed by atoms with Crippen molar-refractivity contribution in [1.82, 2.24) is 29.5 Å². The van der Waals surface area contributed by atoms with Gasteiger partial charge in [0.2, 0.25) is 17.7 Å². The lowest BCUT2D eigenvalue weighted by Gasteiger charge is -2.26. The predicted octanol–water partition coefficient (Wildman–Crippen LogP) is 0.106. The maximum absolute atomic E-state index is 5.77. The third-order valence-corrected chi connectivity index (χ3v) is 3.78. The minimum atomic E-state index is 0.148. The summed E-state index contributed by atoms with van der Waals surface area (Å²) in [6.07, 6.45) is 1.57. The fraction of sp³-hybridized carbons (Fsp3) is 0.429. The first-order valence-electron chi connectivity index (χ1n) is 7.78. The second-order valence-corrected chi connectivity index (χ2v) is 5.41. The van der Waals surface area contributed by atoms with E-state index < -0.39 is 0 Å². The Hall–Kier alpha value is -2.72. The highest BCUT2D eigenvalue weighted by Gasteiger charge is 2.15. The Kier molecular flexibility index (Phi) is 3.97. The summed E-state index contributed by atoms with van der Waals surface area (Å²) in [5.74, 6) is 2.04. The Morgan fingerprint density at radius 3 is 2.88 bits per heavy atom. The van der Waals surface area contributed by atoms with Gasteiger partial charge in [-0.05, 0) is 12.1 Å². The van der Waals surface area contributed by atoms with Crippen LogP contribution in [-0.4, -0.2) is 68.9 Å². The van der Waals surface area contributed by atoms with E-state index in [1.807, 2.05) is 0 Å². The van der Waals surface area contributed by atoms with Crippen LogP contribution in [0.25, 0.3) is 17.4 Å². The highest BCUT2D eigenvalue weighted by molar-refractivity contribution is 5.52. The smallest absolute Gasteiger partial charge is 0.259 e. The molecular weight excluding hydrogens is 312 g/mol. The number of rotatable bonds is 5. The summed E-state index contributed by atoms with van der Waals surface area (Å²) < 4.78 is 12.2. The molecule has 3 aromatic rings. The third-order valence-electron chi connectivity index (χ3n) is 3.78. The molecule has 0 aliphatic carbocycles. The Morgan fingerprint density at radius 1 is 1.21 bits per heavy atom. The number of furan rings is 1. The van der Waals surface area contributed by atoms with Gasteiger partial charge in [0, 0.05) is 26.2 Å². The van der Waals surface area contributed by atoms with Gasteiger partial charge >= 0.3 is 0 Å². The van der Waals surface area contributed by atoms with Gasteiger partial charge in [0.25, 0.3) is 5.78 Å². The number of fused-ring (bicyclic) bond motifs is 1. The van der Waals surface area contributed by atoms with Gasteiger partial charge in [-0.15, -0.1) is 5.10 Å². The van der Waals surface area contributed by atoms with Crippen molar-refractivity contribution in [3.8, 4) is 11.6 Å². The van der Waals surface area contributed by atoms with Gasteiger partial charge in [0.15, 0.2) is 5.76 Å². The molecule has 0 aromatic carbocycles. The number of nitrogens with one attached hydrogen (secondary N) is 1. The molecule has 24 heavy (non-hydrogen) atoms. The van der Waals surface area contributed by atoms with Gasteiger partial charge in [-0.25, -0.2) is 0 Å². The average Bonchev–Trinajstić information content (AvgIpc) is 3.24. The summed E-state index contributed by atoms with van der Waals surface area (Å²) in [4.78, 5) is 15.0. The first-order valence-corrected chi connectivity index (χ1v) is 7.78. The van der Waals surface area contributed by atoms with Crippen molar-refractivity contribution in [1.29, 1.82) is 0 Å². The molecule has 0 unspecified atom stereocenters. The SMILES string of the molecule is Nc1nc(NCCN2CCOCC2)n2nc(-c3ccco3)nc2n1. The van der Waals surface area contributed by atoms with E-state index in [2.05, 4.69) is 30.3 Å². The normalized spacial score (nSPS) is 15.8. The van der Waals surface area contributed by atoms with Crippen molar-refractivity contribution in [2.75, 3.05) is 50.4 Å².